The predicted octanol–water partition coefficient (Wildman–Crippen LogP) is 3.09. The van der Waals surface area contributed by atoms with Crippen molar-refractivity contribution in [1.82, 2.24) is 9.88 Å². The van der Waals surface area contributed by atoms with Crippen LogP contribution in [0, 0.1) is 6.92 Å². The zero-order chi connectivity index (χ0) is 15.6. The number of amides is 1. The van der Waals surface area contributed by atoms with Gasteiger partial charge in [0, 0.05) is 24.7 Å². The van der Waals surface area contributed by atoms with Crippen LogP contribution in [0.1, 0.15) is 50.8 Å². The molecule has 0 aliphatic carbocycles. The lowest BCUT2D eigenvalue weighted by Gasteiger charge is -2.33. The van der Waals surface area contributed by atoms with Crippen LogP contribution in [0.3, 0.4) is 0 Å². The number of rotatable bonds is 1. The van der Waals surface area contributed by atoms with Crippen LogP contribution in [0.4, 0.5) is 10.5 Å². The van der Waals surface area contributed by atoms with Gasteiger partial charge in [0.15, 0.2) is 0 Å². The van der Waals surface area contributed by atoms with Gasteiger partial charge in [-0.3, -0.25) is 4.98 Å². The minimum absolute atomic E-state index is 0.220. The number of hydrogen-bond donors (Lipinski definition) is 1. The first kappa shape index (κ1) is 15.6. The SMILES string of the molecule is Cc1cc(C2CCN(C(=O)OC(C)(C)C)CC2)ncc1N. The molecule has 5 nitrogen and oxygen atoms in total. The van der Waals surface area contributed by atoms with Gasteiger partial charge >= 0.3 is 6.09 Å². The molecule has 2 N–H and O–H groups in total. The number of nitrogens with two attached hydrogens (primary N) is 1. The van der Waals surface area contributed by atoms with Crippen LogP contribution in [0.2, 0.25) is 0 Å². The Labute approximate surface area is 126 Å². The third kappa shape index (κ3) is 4.09. The Hall–Kier alpha value is -1.78. The summed E-state index contributed by atoms with van der Waals surface area (Å²) in [6, 6.07) is 2.06. The van der Waals surface area contributed by atoms with Crippen LogP contribution >= 0.6 is 0 Å². The Morgan fingerprint density at radius 2 is 2.00 bits per heavy atom. The maximum absolute atomic E-state index is 12.0. The summed E-state index contributed by atoms with van der Waals surface area (Å²) in [5.41, 5.74) is 8.23. The minimum atomic E-state index is -0.441. The van der Waals surface area contributed by atoms with Crippen LogP contribution in [-0.4, -0.2) is 34.7 Å². The lowest BCUT2D eigenvalue weighted by Crippen LogP contribution is -2.41. The molecule has 1 aliphatic heterocycles. The first-order valence-electron chi connectivity index (χ1n) is 7.46. The number of aryl methyl sites for hydroxylation is 1. The molecule has 0 bridgehead atoms. The van der Waals surface area contributed by atoms with Crippen molar-refractivity contribution in [3.63, 3.8) is 0 Å². The molecule has 116 valence electrons. The summed E-state index contributed by atoms with van der Waals surface area (Å²) in [6.45, 7) is 9.09. The zero-order valence-corrected chi connectivity index (χ0v) is 13.3. The van der Waals surface area contributed by atoms with E-state index >= 15 is 0 Å². The number of pyridine rings is 1. The third-order valence-corrected chi connectivity index (χ3v) is 3.74. The number of ether oxygens (including phenoxy) is 1. The summed E-state index contributed by atoms with van der Waals surface area (Å²) in [6.07, 6.45) is 3.33. The van der Waals surface area contributed by atoms with Crippen molar-refractivity contribution in [3.8, 4) is 0 Å². The summed E-state index contributed by atoms with van der Waals surface area (Å²) < 4.78 is 5.41. The highest BCUT2D eigenvalue weighted by atomic mass is 16.6. The summed E-state index contributed by atoms with van der Waals surface area (Å²) in [5, 5.41) is 0. The molecule has 21 heavy (non-hydrogen) atoms. The maximum atomic E-state index is 12.0. The first-order valence-corrected chi connectivity index (χ1v) is 7.46. The monoisotopic (exact) mass is 291 g/mol. The molecule has 0 spiro atoms. The maximum Gasteiger partial charge on any atom is 0.410 e. The van der Waals surface area contributed by atoms with E-state index in [0.29, 0.717) is 19.0 Å². The fraction of sp³-hybridized carbons (Fsp3) is 0.625. The lowest BCUT2D eigenvalue weighted by atomic mass is 9.92. The number of aromatic nitrogens is 1. The quantitative estimate of drug-likeness (QED) is 0.863. The van der Waals surface area contributed by atoms with Gasteiger partial charge in [-0.1, -0.05) is 0 Å². The van der Waals surface area contributed by atoms with Gasteiger partial charge < -0.3 is 15.4 Å². The molecule has 0 aromatic carbocycles. The van der Waals surface area contributed by atoms with E-state index in [0.717, 1.165) is 29.8 Å². The molecular formula is C16H25N3O2. The zero-order valence-electron chi connectivity index (χ0n) is 13.3. The third-order valence-electron chi connectivity index (χ3n) is 3.74. The van der Waals surface area contributed by atoms with Gasteiger partial charge in [0.2, 0.25) is 0 Å². The molecule has 1 aliphatic rings. The van der Waals surface area contributed by atoms with E-state index in [-0.39, 0.29) is 6.09 Å². The van der Waals surface area contributed by atoms with E-state index in [1.54, 1.807) is 11.1 Å². The van der Waals surface area contributed by atoms with Crippen molar-refractivity contribution in [2.45, 2.75) is 52.1 Å². The molecule has 1 fully saturated rings. The lowest BCUT2D eigenvalue weighted by molar-refractivity contribution is 0.0204. The molecule has 5 heteroatoms. The van der Waals surface area contributed by atoms with E-state index in [2.05, 4.69) is 11.1 Å². The molecule has 2 rings (SSSR count). The number of hydrogen-bond acceptors (Lipinski definition) is 4. The van der Waals surface area contributed by atoms with Gasteiger partial charge in [-0.15, -0.1) is 0 Å². The molecule has 1 saturated heterocycles. The van der Waals surface area contributed by atoms with Gasteiger partial charge in [0.1, 0.15) is 5.60 Å². The van der Waals surface area contributed by atoms with Crippen molar-refractivity contribution >= 4 is 11.8 Å². The number of nitrogen functional groups attached to an aromatic ring is 1. The normalized spacial score (nSPS) is 16.9. The Morgan fingerprint density at radius 1 is 1.38 bits per heavy atom. The molecular weight excluding hydrogens is 266 g/mol. The van der Waals surface area contributed by atoms with E-state index in [1.165, 1.54) is 0 Å². The van der Waals surface area contributed by atoms with E-state index < -0.39 is 5.60 Å². The van der Waals surface area contributed by atoms with Crippen LogP contribution in [0.25, 0.3) is 0 Å². The highest BCUT2D eigenvalue weighted by molar-refractivity contribution is 5.68. The number of carbonyl (C=O) groups excluding carboxylic acids is 1. The van der Waals surface area contributed by atoms with Gasteiger partial charge in [-0.25, -0.2) is 4.79 Å². The van der Waals surface area contributed by atoms with E-state index in [9.17, 15) is 4.79 Å². The van der Waals surface area contributed by atoms with Crippen molar-refractivity contribution in [2.24, 2.45) is 0 Å². The summed E-state index contributed by atoms with van der Waals surface area (Å²) in [5.74, 6) is 0.392. The van der Waals surface area contributed by atoms with Crippen molar-refractivity contribution in [1.29, 1.82) is 0 Å². The van der Waals surface area contributed by atoms with Crippen LogP contribution in [0.15, 0.2) is 12.3 Å². The Morgan fingerprint density at radius 3 is 2.52 bits per heavy atom. The fourth-order valence-corrected chi connectivity index (χ4v) is 2.50. The molecule has 1 amide bonds. The Kier molecular flexibility index (Phi) is 4.40. The van der Waals surface area contributed by atoms with Gasteiger partial charge in [0.05, 0.1) is 11.9 Å². The van der Waals surface area contributed by atoms with Crippen LogP contribution in [0.5, 0.6) is 0 Å². The van der Waals surface area contributed by atoms with Gasteiger partial charge in [-0.05, 0) is 52.2 Å². The van der Waals surface area contributed by atoms with Crippen molar-refractivity contribution < 1.29 is 9.53 Å². The standard InChI is InChI=1S/C16H25N3O2/c1-11-9-14(18-10-13(11)17)12-5-7-19(8-6-12)15(20)21-16(2,3)4/h9-10,12H,5-8,17H2,1-4H3. The predicted molar refractivity (Wildman–Crippen MR) is 83.2 cm³/mol. The summed E-state index contributed by atoms with van der Waals surface area (Å²) >= 11 is 0. The molecule has 0 unspecified atom stereocenters. The second kappa shape index (κ2) is 5.92. The topological polar surface area (TPSA) is 68.5 Å². The number of anilines is 1. The van der Waals surface area contributed by atoms with Crippen molar-refractivity contribution in [3.05, 3.63) is 23.5 Å². The molecule has 1 aromatic heterocycles. The number of carbonyl (C=O) groups is 1. The minimum Gasteiger partial charge on any atom is -0.444 e. The number of piperidine rings is 1. The van der Waals surface area contributed by atoms with E-state index in [1.807, 2.05) is 27.7 Å². The molecule has 0 saturated carbocycles. The van der Waals surface area contributed by atoms with Gasteiger partial charge in [-0.2, -0.15) is 0 Å². The molecule has 0 radical (unpaired) electrons. The fourth-order valence-electron chi connectivity index (χ4n) is 2.50. The second-order valence-corrected chi connectivity index (χ2v) is 6.71. The largest absolute Gasteiger partial charge is 0.444 e. The summed E-state index contributed by atoms with van der Waals surface area (Å²) in [4.78, 5) is 18.2. The van der Waals surface area contributed by atoms with Gasteiger partial charge in [0.25, 0.3) is 0 Å². The highest BCUT2D eigenvalue weighted by Crippen LogP contribution is 2.28. The van der Waals surface area contributed by atoms with Crippen LogP contribution < -0.4 is 5.73 Å². The first-order chi connectivity index (χ1) is 9.76. The molecule has 0 atom stereocenters. The molecule has 2 heterocycles. The Bertz CT molecular complexity index is 515. The number of likely N-dealkylation sites (tertiary alicyclic amines) is 1. The second-order valence-electron chi connectivity index (χ2n) is 6.71. The molecule has 1 aromatic rings. The average Bonchev–Trinajstić information content (AvgIpc) is 2.40. The van der Waals surface area contributed by atoms with E-state index in [4.69, 9.17) is 10.5 Å². The summed E-state index contributed by atoms with van der Waals surface area (Å²) in [7, 11) is 0. The van der Waals surface area contributed by atoms with Crippen molar-refractivity contribution in [2.75, 3.05) is 18.8 Å². The Balaban J connectivity index is 1.94. The number of nitrogens with zero attached hydrogens (tertiary/aromatic N) is 2. The van der Waals surface area contributed by atoms with Crippen LogP contribution in [-0.2, 0) is 4.74 Å². The average molecular weight is 291 g/mol. The highest BCUT2D eigenvalue weighted by Gasteiger charge is 2.28. The smallest absolute Gasteiger partial charge is 0.410 e.